The number of anilines is 1. The highest BCUT2D eigenvalue weighted by molar-refractivity contribution is 7.08. The summed E-state index contributed by atoms with van der Waals surface area (Å²) in [6.07, 6.45) is 0. The molecule has 1 fully saturated rings. The minimum absolute atomic E-state index is 0.171. The largest absolute Gasteiger partial charge is 0.360 e. The van der Waals surface area contributed by atoms with Gasteiger partial charge in [0.2, 0.25) is 11.7 Å². The number of amides is 2. The fourth-order valence-electron chi connectivity index (χ4n) is 2.74. The van der Waals surface area contributed by atoms with Gasteiger partial charge < -0.3 is 13.9 Å². The molecule has 0 radical (unpaired) electrons. The number of hydrogen-bond acceptors (Lipinski definition) is 8. The summed E-state index contributed by atoms with van der Waals surface area (Å²) in [7, 11) is 0. The van der Waals surface area contributed by atoms with E-state index in [0.29, 0.717) is 42.9 Å². The molecule has 1 aliphatic heterocycles. The number of hydrogen-bond donors (Lipinski definition) is 1. The fourth-order valence-corrected chi connectivity index (χ4v) is 3.38. The summed E-state index contributed by atoms with van der Waals surface area (Å²) in [6, 6.07) is 3.48. The van der Waals surface area contributed by atoms with E-state index in [-0.39, 0.29) is 6.03 Å². The minimum atomic E-state index is -0.171. The second-order valence-corrected chi connectivity index (χ2v) is 6.82. The highest BCUT2D eigenvalue weighted by Crippen LogP contribution is 2.19. The zero-order chi connectivity index (χ0) is 17.9. The van der Waals surface area contributed by atoms with Crippen molar-refractivity contribution >= 4 is 23.2 Å². The van der Waals surface area contributed by atoms with Crippen molar-refractivity contribution in [2.75, 3.05) is 31.5 Å². The summed E-state index contributed by atoms with van der Waals surface area (Å²) in [5, 5.41) is 14.5. The molecule has 3 aromatic heterocycles. The Morgan fingerprint density at radius 2 is 2.12 bits per heavy atom. The smallest absolute Gasteiger partial charge is 0.323 e. The van der Waals surface area contributed by atoms with Crippen molar-refractivity contribution in [2.45, 2.75) is 13.5 Å². The van der Waals surface area contributed by atoms with Crippen LogP contribution in [0.15, 0.2) is 31.9 Å². The van der Waals surface area contributed by atoms with Crippen molar-refractivity contribution in [1.29, 1.82) is 0 Å². The number of aromatic nitrogens is 3. The molecule has 26 heavy (non-hydrogen) atoms. The predicted octanol–water partition coefficient (Wildman–Crippen LogP) is 2.44. The number of urea groups is 1. The Kier molecular flexibility index (Phi) is 4.67. The highest BCUT2D eigenvalue weighted by Gasteiger charge is 2.23. The Morgan fingerprint density at radius 3 is 2.81 bits per heavy atom. The average Bonchev–Trinajstić information content (AvgIpc) is 3.37. The van der Waals surface area contributed by atoms with E-state index >= 15 is 0 Å². The topological polar surface area (TPSA) is 101 Å². The lowest BCUT2D eigenvalue weighted by molar-refractivity contribution is 0.133. The van der Waals surface area contributed by atoms with E-state index in [2.05, 4.69) is 25.5 Å². The molecule has 0 saturated carbocycles. The first-order valence-corrected chi connectivity index (χ1v) is 9.18. The normalized spacial score (nSPS) is 15.3. The van der Waals surface area contributed by atoms with Gasteiger partial charge in [0.15, 0.2) is 5.82 Å². The standard InChI is InChI=1S/C16H18N6O3S/c1-11-8-13(19-24-11)17-16(23)22-5-3-21(4-6-22)9-14-18-15(20-25-14)12-2-7-26-10-12/h2,7-8,10H,3-6,9H2,1H3,(H,17,19,23). The molecule has 1 aliphatic rings. The molecule has 10 heteroatoms. The lowest BCUT2D eigenvalue weighted by Crippen LogP contribution is -2.49. The monoisotopic (exact) mass is 374 g/mol. The summed E-state index contributed by atoms with van der Waals surface area (Å²) in [5.74, 6) is 2.29. The molecule has 3 aromatic rings. The van der Waals surface area contributed by atoms with E-state index in [1.807, 2.05) is 16.8 Å². The van der Waals surface area contributed by atoms with Crippen molar-refractivity contribution in [2.24, 2.45) is 0 Å². The van der Waals surface area contributed by atoms with Gasteiger partial charge in [0.05, 0.1) is 6.54 Å². The maximum Gasteiger partial charge on any atom is 0.323 e. The maximum absolute atomic E-state index is 12.3. The number of aryl methyl sites for hydroxylation is 1. The second kappa shape index (κ2) is 7.26. The van der Waals surface area contributed by atoms with Crippen LogP contribution in [0, 0.1) is 6.92 Å². The van der Waals surface area contributed by atoms with Crippen LogP contribution in [-0.4, -0.2) is 57.3 Å². The van der Waals surface area contributed by atoms with Gasteiger partial charge in [0, 0.05) is 43.2 Å². The minimum Gasteiger partial charge on any atom is -0.360 e. The first-order chi connectivity index (χ1) is 12.7. The van der Waals surface area contributed by atoms with Crippen LogP contribution in [0.1, 0.15) is 11.7 Å². The first-order valence-electron chi connectivity index (χ1n) is 8.24. The van der Waals surface area contributed by atoms with Crippen molar-refractivity contribution in [1.82, 2.24) is 25.1 Å². The van der Waals surface area contributed by atoms with E-state index in [0.717, 1.165) is 18.7 Å². The first kappa shape index (κ1) is 16.7. The summed E-state index contributed by atoms with van der Waals surface area (Å²) >= 11 is 1.60. The lowest BCUT2D eigenvalue weighted by Gasteiger charge is -2.33. The van der Waals surface area contributed by atoms with Crippen molar-refractivity contribution in [3.05, 3.63) is 34.5 Å². The van der Waals surface area contributed by atoms with E-state index in [1.165, 1.54) is 0 Å². The fraction of sp³-hybridized carbons (Fsp3) is 0.375. The quantitative estimate of drug-likeness (QED) is 0.748. The molecule has 136 valence electrons. The predicted molar refractivity (Wildman–Crippen MR) is 94.7 cm³/mol. The van der Waals surface area contributed by atoms with Gasteiger partial charge in [-0.1, -0.05) is 10.3 Å². The molecule has 0 aromatic carbocycles. The van der Waals surface area contributed by atoms with Gasteiger partial charge in [0.1, 0.15) is 5.76 Å². The number of nitrogens with zero attached hydrogens (tertiary/aromatic N) is 5. The molecule has 1 saturated heterocycles. The van der Waals surface area contributed by atoms with Crippen LogP contribution in [-0.2, 0) is 6.54 Å². The molecule has 0 spiro atoms. The van der Waals surface area contributed by atoms with Gasteiger partial charge in [-0.2, -0.15) is 16.3 Å². The van der Waals surface area contributed by atoms with E-state index in [1.54, 1.807) is 29.2 Å². The molecule has 0 unspecified atom stereocenters. The highest BCUT2D eigenvalue weighted by atomic mass is 32.1. The average molecular weight is 374 g/mol. The Morgan fingerprint density at radius 1 is 1.27 bits per heavy atom. The summed E-state index contributed by atoms with van der Waals surface area (Å²) in [6.45, 7) is 5.07. The number of piperazine rings is 1. The van der Waals surface area contributed by atoms with Gasteiger partial charge in [-0.25, -0.2) is 4.79 Å². The Hall–Kier alpha value is -2.72. The van der Waals surface area contributed by atoms with Gasteiger partial charge in [-0.3, -0.25) is 10.2 Å². The van der Waals surface area contributed by atoms with Crippen LogP contribution in [0.25, 0.3) is 11.4 Å². The molecular formula is C16H18N6O3S. The molecule has 4 rings (SSSR count). The lowest BCUT2D eigenvalue weighted by atomic mass is 10.3. The third kappa shape index (κ3) is 3.75. The number of rotatable bonds is 4. The van der Waals surface area contributed by atoms with Crippen LogP contribution in [0.2, 0.25) is 0 Å². The summed E-state index contributed by atoms with van der Waals surface area (Å²) in [5.41, 5.74) is 0.967. The molecular weight excluding hydrogens is 356 g/mol. The zero-order valence-corrected chi connectivity index (χ0v) is 15.0. The number of carbonyl (C=O) groups is 1. The molecule has 0 atom stereocenters. The van der Waals surface area contributed by atoms with Gasteiger partial charge in [0.25, 0.3) is 0 Å². The van der Waals surface area contributed by atoms with Crippen molar-refractivity contribution < 1.29 is 13.8 Å². The molecule has 0 bridgehead atoms. The van der Waals surface area contributed by atoms with Crippen molar-refractivity contribution in [3.8, 4) is 11.4 Å². The van der Waals surface area contributed by atoms with Gasteiger partial charge in [-0.15, -0.1) is 0 Å². The Labute approximate surface area is 153 Å². The molecule has 1 N–H and O–H groups in total. The third-order valence-electron chi connectivity index (χ3n) is 4.13. The van der Waals surface area contributed by atoms with Crippen LogP contribution in [0.3, 0.4) is 0 Å². The molecule has 9 nitrogen and oxygen atoms in total. The SMILES string of the molecule is Cc1cc(NC(=O)N2CCN(Cc3nc(-c4ccsc4)no3)CC2)no1. The maximum atomic E-state index is 12.3. The Balaban J connectivity index is 1.28. The third-order valence-corrected chi connectivity index (χ3v) is 4.81. The molecule has 0 aliphatic carbocycles. The Bertz CT molecular complexity index is 866. The van der Waals surface area contributed by atoms with E-state index < -0.39 is 0 Å². The van der Waals surface area contributed by atoms with Crippen LogP contribution < -0.4 is 5.32 Å². The van der Waals surface area contributed by atoms with E-state index in [4.69, 9.17) is 9.05 Å². The van der Waals surface area contributed by atoms with Crippen molar-refractivity contribution in [3.63, 3.8) is 0 Å². The number of thiophene rings is 1. The summed E-state index contributed by atoms with van der Waals surface area (Å²) < 4.78 is 10.3. The van der Waals surface area contributed by atoms with Crippen LogP contribution in [0.5, 0.6) is 0 Å². The zero-order valence-electron chi connectivity index (χ0n) is 14.2. The molecule has 4 heterocycles. The van der Waals surface area contributed by atoms with Crippen LogP contribution in [0.4, 0.5) is 10.6 Å². The van der Waals surface area contributed by atoms with Gasteiger partial charge >= 0.3 is 6.03 Å². The van der Waals surface area contributed by atoms with E-state index in [9.17, 15) is 4.79 Å². The summed E-state index contributed by atoms with van der Waals surface area (Å²) in [4.78, 5) is 20.6. The van der Waals surface area contributed by atoms with Crippen LogP contribution >= 0.6 is 11.3 Å². The molecule has 2 amide bonds. The number of carbonyl (C=O) groups excluding carboxylic acids is 1. The second-order valence-electron chi connectivity index (χ2n) is 6.04. The van der Waals surface area contributed by atoms with Gasteiger partial charge in [-0.05, 0) is 18.4 Å². The number of nitrogens with one attached hydrogen (secondary N) is 1.